The second-order valence-electron chi connectivity index (χ2n) is 5.41. The average molecular weight is 236 g/mol. The molecule has 17 heavy (non-hydrogen) atoms. The van der Waals surface area contributed by atoms with Crippen molar-refractivity contribution in [1.29, 1.82) is 0 Å². The number of amides is 1. The van der Waals surface area contributed by atoms with Gasteiger partial charge < -0.3 is 10.2 Å². The third-order valence-electron chi connectivity index (χ3n) is 4.17. The Morgan fingerprint density at radius 1 is 1.41 bits per heavy atom. The van der Waals surface area contributed by atoms with Crippen LogP contribution in [-0.2, 0) is 4.79 Å². The van der Waals surface area contributed by atoms with E-state index in [4.69, 9.17) is 0 Å². The first-order chi connectivity index (χ1) is 8.13. The van der Waals surface area contributed by atoms with Gasteiger partial charge in [-0.15, -0.1) is 0 Å². The molecule has 0 aromatic rings. The third-order valence-corrected chi connectivity index (χ3v) is 4.17. The van der Waals surface area contributed by atoms with Crippen molar-refractivity contribution in [3.8, 4) is 0 Å². The Hall–Kier alpha value is -0.990. The predicted molar refractivity (Wildman–Crippen MR) is 69.5 cm³/mol. The lowest BCUT2D eigenvalue weighted by Crippen LogP contribution is -2.48. The Morgan fingerprint density at radius 2 is 2.18 bits per heavy atom. The minimum absolute atomic E-state index is 0.0343. The summed E-state index contributed by atoms with van der Waals surface area (Å²) in [7, 11) is 0. The van der Waals surface area contributed by atoms with E-state index >= 15 is 0 Å². The summed E-state index contributed by atoms with van der Waals surface area (Å²) < 4.78 is 0. The standard InChI is InChI=1S/C14H24N2O/c1-4-10(2)15-13-7-5-6-12-9-8-11(3)16(12)14(13)17/h11-13,15H,2,4-9H2,1,3H3. The Balaban J connectivity index is 2.08. The minimum Gasteiger partial charge on any atom is -0.378 e. The second-order valence-corrected chi connectivity index (χ2v) is 5.41. The molecule has 2 fully saturated rings. The van der Waals surface area contributed by atoms with Crippen LogP contribution < -0.4 is 5.32 Å². The number of carbonyl (C=O) groups is 1. The third kappa shape index (κ3) is 2.48. The summed E-state index contributed by atoms with van der Waals surface area (Å²) in [4.78, 5) is 14.6. The molecule has 3 nitrogen and oxygen atoms in total. The molecule has 0 radical (unpaired) electrons. The second kappa shape index (κ2) is 5.11. The van der Waals surface area contributed by atoms with E-state index in [0.717, 1.165) is 31.4 Å². The maximum absolute atomic E-state index is 12.5. The summed E-state index contributed by atoms with van der Waals surface area (Å²) in [6.45, 7) is 8.20. The normalized spacial score (nSPS) is 33.2. The SMILES string of the molecule is C=C(CC)NC1CCCC2CCC(C)N2C1=O. The van der Waals surface area contributed by atoms with E-state index in [0.29, 0.717) is 18.0 Å². The van der Waals surface area contributed by atoms with Gasteiger partial charge in [0.2, 0.25) is 5.91 Å². The van der Waals surface area contributed by atoms with Gasteiger partial charge in [-0.1, -0.05) is 13.5 Å². The van der Waals surface area contributed by atoms with E-state index in [1.54, 1.807) is 0 Å². The molecular formula is C14H24N2O. The number of carbonyl (C=O) groups excluding carboxylic acids is 1. The molecule has 0 bridgehead atoms. The smallest absolute Gasteiger partial charge is 0.245 e. The summed E-state index contributed by atoms with van der Waals surface area (Å²) in [6.07, 6.45) is 6.52. The lowest BCUT2D eigenvalue weighted by molar-refractivity contribution is -0.135. The Morgan fingerprint density at radius 3 is 2.88 bits per heavy atom. The highest BCUT2D eigenvalue weighted by atomic mass is 16.2. The lowest BCUT2D eigenvalue weighted by Gasteiger charge is -2.30. The largest absolute Gasteiger partial charge is 0.378 e. The van der Waals surface area contributed by atoms with Crippen molar-refractivity contribution in [2.24, 2.45) is 0 Å². The highest BCUT2D eigenvalue weighted by Gasteiger charge is 2.39. The number of nitrogens with zero attached hydrogens (tertiary/aromatic N) is 1. The number of fused-ring (bicyclic) bond motifs is 1. The molecular weight excluding hydrogens is 212 g/mol. The van der Waals surface area contributed by atoms with Gasteiger partial charge in [0.05, 0.1) is 0 Å². The maximum Gasteiger partial charge on any atom is 0.245 e. The van der Waals surface area contributed by atoms with Gasteiger partial charge in [-0.2, -0.15) is 0 Å². The van der Waals surface area contributed by atoms with E-state index < -0.39 is 0 Å². The topological polar surface area (TPSA) is 32.3 Å². The van der Waals surface area contributed by atoms with Crippen molar-refractivity contribution in [2.75, 3.05) is 0 Å². The van der Waals surface area contributed by atoms with Gasteiger partial charge in [0, 0.05) is 17.8 Å². The summed E-state index contributed by atoms with van der Waals surface area (Å²) in [5.74, 6) is 0.298. The summed E-state index contributed by atoms with van der Waals surface area (Å²) in [5.41, 5.74) is 0.980. The predicted octanol–water partition coefficient (Wildman–Crippen LogP) is 2.43. The zero-order chi connectivity index (χ0) is 12.4. The Bertz CT molecular complexity index is 313. The highest BCUT2D eigenvalue weighted by molar-refractivity contribution is 5.83. The maximum atomic E-state index is 12.5. The molecule has 0 aliphatic carbocycles. The van der Waals surface area contributed by atoms with Gasteiger partial charge in [-0.3, -0.25) is 4.79 Å². The van der Waals surface area contributed by atoms with Crippen LogP contribution in [0.4, 0.5) is 0 Å². The molecule has 2 saturated heterocycles. The molecule has 0 aromatic heterocycles. The molecule has 1 N–H and O–H groups in total. The van der Waals surface area contributed by atoms with Gasteiger partial charge in [0.15, 0.2) is 0 Å². The fraction of sp³-hybridized carbons (Fsp3) is 0.786. The van der Waals surface area contributed by atoms with Gasteiger partial charge in [0.25, 0.3) is 0 Å². The van der Waals surface area contributed by atoms with Gasteiger partial charge in [-0.25, -0.2) is 0 Å². The number of allylic oxidation sites excluding steroid dienone is 1. The first-order valence-corrected chi connectivity index (χ1v) is 6.90. The van der Waals surface area contributed by atoms with Crippen LogP contribution >= 0.6 is 0 Å². The number of hydrogen-bond donors (Lipinski definition) is 1. The summed E-state index contributed by atoms with van der Waals surface area (Å²) in [5, 5.41) is 3.31. The Labute approximate surface area is 104 Å². The quantitative estimate of drug-likeness (QED) is 0.816. The van der Waals surface area contributed by atoms with Crippen molar-refractivity contribution < 1.29 is 4.79 Å². The molecule has 0 spiro atoms. The van der Waals surface area contributed by atoms with Crippen molar-refractivity contribution in [2.45, 2.75) is 70.5 Å². The van der Waals surface area contributed by atoms with Gasteiger partial charge in [-0.05, 0) is 45.4 Å². The van der Waals surface area contributed by atoms with E-state index in [-0.39, 0.29) is 6.04 Å². The zero-order valence-corrected chi connectivity index (χ0v) is 11.0. The highest BCUT2D eigenvalue weighted by Crippen LogP contribution is 2.31. The van der Waals surface area contributed by atoms with Crippen LogP contribution in [0.25, 0.3) is 0 Å². The molecule has 3 heteroatoms. The number of hydrogen-bond acceptors (Lipinski definition) is 2. The fourth-order valence-electron chi connectivity index (χ4n) is 3.10. The number of nitrogens with one attached hydrogen (secondary N) is 1. The molecule has 1 amide bonds. The van der Waals surface area contributed by atoms with Crippen LogP contribution in [0.5, 0.6) is 0 Å². The van der Waals surface area contributed by atoms with E-state index in [1.807, 2.05) is 0 Å². The van der Waals surface area contributed by atoms with Gasteiger partial charge in [0.1, 0.15) is 6.04 Å². The average Bonchev–Trinajstić information content (AvgIpc) is 2.60. The fourth-order valence-corrected chi connectivity index (χ4v) is 3.10. The van der Waals surface area contributed by atoms with Crippen molar-refractivity contribution in [1.82, 2.24) is 10.2 Å². The van der Waals surface area contributed by atoms with Crippen LogP contribution in [0.15, 0.2) is 12.3 Å². The van der Waals surface area contributed by atoms with Crippen LogP contribution in [0.3, 0.4) is 0 Å². The first kappa shape index (κ1) is 12.5. The molecule has 0 aromatic carbocycles. The zero-order valence-electron chi connectivity index (χ0n) is 11.0. The van der Waals surface area contributed by atoms with Crippen molar-refractivity contribution in [3.63, 3.8) is 0 Å². The molecule has 3 atom stereocenters. The molecule has 0 saturated carbocycles. The molecule has 2 heterocycles. The first-order valence-electron chi connectivity index (χ1n) is 6.90. The molecule has 2 aliphatic heterocycles. The van der Waals surface area contributed by atoms with E-state index in [1.165, 1.54) is 12.8 Å². The molecule has 3 unspecified atom stereocenters. The van der Waals surface area contributed by atoms with E-state index in [9.17, 15) is 4.79 Å². The van der Waals surface area contributed by atoms with Crippen molar-refractivity contribution >= 4 is 5.91 Å². The van der Waals surface area contributed by atoms with Crippen LogP contribution in [-0.4, -0.2) is 28.9 Å². The summed E-state index contributed by atoms with van der Waals surface area (Å²) in [6, 6.07) is 0.886. The summed E-state index contributed by atoms with van der Waals surface area (Å²) >= 11 is 0. The van der Waals surface area contributed by atoms with Crippen LogP contribution in [0.2, 0.25) is 0 Å². The van der Waals surface area contributed by atoms with Gasteiger partial charge >= 0.3 is 0 Å². The molecule has 2 aliphatic rings. The van der Waals surface area contributed by atoms with Crippen molar-refractivity contribution in [3.05, 3.63) is 12.3 Å². The van der Waals surface area contributed by atoms with Crippen LogP contribution in [0.1, 0.15) is 52.4 Å². The Kier molecular flexibility index (Phi) is 3.75. The van der Waals surface area contributed by atoms with Crippen LogP contribution in [0, 0.1) is 0 Å². The monoisotopic (exact) mass is 236 g/mol. The molecule has 96 valence electrons. The molecule has 2 rings (SSSR count). The minimum atomic E-state index is -0.0343. The van der Waals surface area contributed by atoms with E-state index in [2.05, 4.69) is 30.6 Å². The number of rotatable bonds is 3. The lowest BCUT2D eigenvalue weighted by atomic mass is 10.1.